The highest BCUT2D eigenvalue weighted by Gasteiger charge is 2.19. The van der Waals surface area contributed by atoms with E-state index >= 15 is 0 Å². The molecule has 0 spiro atoms. The Balaban J connectivity index is 2.03. The molecule has 0 amide bonds. The summed E-state index contributed by atoms with van der Waals surface area (Å²) in [5.74, 6) is -0.804. The lowest BCUT2D eigenvalue weighted by molar-refractivity contribution is 0.0674. The highest BCUT2D eigenvalue weighted by Crippen LogP contribution is 2.17. The molecule has 0 radical (unpaired) electrons. The fourth-order valence-corrected chi connectivity index (χ4v) is 1.96. The Hall–Kier alpha value is -0.970. The molecule has 92 valence electrons. The Morgan fingerprint density at radius 3 is 3.06 bits per heavy atom. The normalized spacial score (nSPS) is 20.2. The first-order valence-corrected chi connectivity index (χ1v) is 5.84. The summed E-state index contributed by atoms with van der Waals surface area (Å²) in [6.07, 6.45) is 0.235. The van der Waals surface area contributed by atoms with Gasteiger partial charge in [-0.05, 0) is 18.2 Å². The van der Waals surface area contributed by atoms with Crippen LogP contribution in [0.5, 0.6) is 0 Å². The van der Waals surface area contributed by atoms with Gasteiger partial charge in [-0.15, -0.1) is 0 Å². The van der Waals surface area contributed by atoms with E-state index in [4.69, 9.17) is 16.3 Å². The van der Waals surface area contributed by atoms with Crippen molar-refractivity contribution in [2.45, 2.75) is 12.5 Å². The molecule has 2 rings (SSSR count). The number of ether oxygens (including phenoxy) is 1. The maximum absolute atomic E-state index is 13.5. The van der Waals surface area contributed by atoms with Crippen LogP contribution < -0.4 is 5.32 Å². The Bertz CT molecular complexity index is 419. The monoisotopic (exact) mass is 257 g/mol. The molecule has 1 heterocycles. The topological polar surface area (TPSA) is 38.3 Å². The minimum absolute atomic E-state index is 0.0358. The van der Waals surface area contributed by atoms with Crippen molar-refractivity contribution < 1.29 is 13.9 Å². The number of carbonyl (C=O) groups excluding carboxylic acids is 1. The first kappa shape index (κ1) is 12.5. The number of hydrogen-bond donors (Lipinski definition) is 1. The van der Waals surface area contributed by atoms with Gasteiger partial charge in [-0.2, -0.15) is 0 Å². The summed E-state index contributed by atoms with van der Waals surface area (Å²) in [5.41, 5.74) is 0.0850. The molecule has 5 heteroatoms. The van der Waals surface area contributed by atoms with E-state index in [1.807, 2.05) is 0 Å². The van der Waals surface area contributed by atoms with Crippen LogP contribution in [0.4, 0.5) is 4.39 Å². The van der Waals surface area contributed by atoms with Crippen LogP contribution in [0.25, 0.3) is 0 Å². The van der Waals surface area contributed by atoms with Crippen LogP contribution >= 0.6 is 11.6 Å². The first-order chi connectivity index (χ1) is 8.16. The molecule has 1 fully saturated rings. The van der Waals surface area contributed by atoms with E-state index in [0.717, 1.165) is 12.6 Å². The molecule has 1 N–H and O–H groups in total. The molecule has 1 atom stereocenters. The van der Waals surface area contributed by atoms with Crippen LogP contribution in [0.3, 0.4) is 0 Å². The molecule has 1 unspecified atom stereocenters. The Morgan fingerprint density at radius 1 is 1.59 bits per heavy atom. The van der Waals surface area contributed by atoms with E-state index in [1.54, 1.807) is 0 Å². The summed E-state index contributed by atoms with van der Waals surface area (Å²) < 4.78 is 18.7. The van der Waals surface area contributed by atoms with Gasteiger partial charge in [-0.1, -0.05) is 11.6 Å². The van der Waals surface area contributed by atoms with Crippen molar-refractivity contribution in [3.63, 3.8) is 0 Å². The molecular weight excluding hydrogens is 245 g/mol. The summed E-state index contributed by atoms with van der Waals surface area (Å²) in [7, 11) is 0. The fourth-order valence-electron chi connectivity index (χ4n) is 1.80. The second kappa shape index (κ2) is 5.58. The second-order valence-corrected chi connectivity index (χ2v) is 4.41. The Labute approximate surface area is 104 Å². The second-order valence-electron chi connectivity index (χ2n) is 3.98. The molecule has 1 aliphatic rings. The van der Waals surface area contributed by atoms with E-state index in [0.29, 0.717) is 13.2 Å². The largest absolute Gasteiger partial charge is 0.378 e. The van der Waals surface area contributed by atoms with Crippen LogP contribution in [0.1, 0.15) is 16.8 Å². The van der Waals surface area contributed by atoms with Crippen molar-refractivity contribution in [2.75, 3.05) is 19.8 Å². The summed E-state index contributed by atoms with van der Waals surface area (Å²) in [4.78, 5) is 11.9. The highest BCUT2D eigenvalue weighted by molar-refractivity contribution is 6.30. The van der Waals surface area contributed by atoms with Crippen LogP contribution in [-0.4, -0.2) is 31.6 Å². The SMILES string of the molecule is O=C(CC1COCCN1)c1ccc(Cl)cc1F. The van der Waals surface area contributed by atoms with Crippen molar-refractivity contribution >= 4 is 17.4 Å². The van der Waals surface area contributed by atoms with Crippen LogP contribution in [0, 0.1) is 5.82 Å². The number of morpholine rings is 1. The molecule has 0 aromatic heterocycles. The number of hydrogen-bond acceptors (Lipinski definition) is 3. The zero-order chi connectivity index (χ0) is 12.3. The molecule has 0 bridgehead atoms. The zero-order valence-corrected chi connectivity index (χ0v) is 9.97. The van der Waals surface area contributed by atoms with Gasteiger partial charge in [0, 0.05) is 24.0 Å². The van der Waals surface area contributed by atoms with Gasteiger partial charge in [0.25, 0.3) is 0 Å². The predicted octanol–water partition coefficient (Wildman–Crippen LogP) is 2.04. The smallest absolute Gasteiger partial charge is 0.167 e. The third kappa shape index (κ3) is 3.25. The summed E-state index contributed by atoms with van der Waals surface area (Å²) >= 11 is 5.63. The van der Waals surface area contributed by atoms with Gasteiger partial charge in [-0.25, -0.2) is 4.39 Å². The molecule has 3 nitrogen and oxygen atoms in total. The molecule has 1 aliphatic heterocycles. The first-order valence-electron chi connectivity index (χ1n) is 5.46. The van der Waals surface area contributed by atoms with Gasteiger partial charge in [0.2, 0.25) is 0 Å². The van der Waals surface area contributed by atoms with Crippen molar-refractivity contribution in [3.8, 4) is 0 Å². The van der Waals surface area contributed by atoms with Crippen LogP contribution in [0.15, 0.2) is 18.2 Å². The lowest BCUT2D eigenvalue weighted by atomic mass is 10.0. The maximum atomic E-state index is 13.5. The molecule has 17 heavy (non-hydrogen) atoms. The van der Waals surface area contributed by atoms with Gasteiger partial charge in [0.15, 0.2) is 5.78 Å². The molecule has 0 saturated carbocycles. The fraction of sp³-hybridized carbons (Fsp3) is 0.417. The van der Waals surface area contributed by atoms with Crippen molar-refractivity contribution in [1.29, 1.82) is 0 Å². The van der Waals surface area contributed by atoms with E-state index in [-0.39, 0.29) is 28.8 Å². The van der Waals surface area contributed by atoms with Crippen molar-refractivity contribution in [2.24, 2.45) is 0 Å². The van der Waals surface area contributed by atoms with E-state index in [2.05, 4.69) is 5.32 Å². The number of benzene rings is 1. The van der Waals surface area contributed by atoms with E-state index < -0.39 is 5.82 Å². The number of nitrogens with one attached hydrogen (secondary N) is 1. The summed E-state index contributed by atoms with van der Waals surface area (Å²) in [6.45, 7) is 1.86. The standard InChI is InChI=1S/C12H13ClFNO2/c13-8-1-2-10(11(14)5-8)12(16)6-9-7-17-4-3-15-9/h1-2,5,9,15H,3-4,6-7H2. The minimum atomic E-state index is -0.570. The minimum Gasteiger partial charge on any atom is -0.378 e. The molecule has 1 aromatic rings. The van der Waals surface area contributed by atoms with Crippen LogP contribution in [-0.2, 0) is 4.74 Å². The Morgan fingerprint density at radius 2 is 2.41 bits per heavy atom. The zero-order valence-electron chi connectivity index (χ0n) is 9.21. The van der Waals surface area contributed by atoms with E-state index in [9.17, 15) is 9.18 Å². The number of Topliss-reactive ketones (excluding diaryl/α,β-unsaturated/α-hetero) is 1. The molecular formula is C12H13ClFNO2. The lowest BCUT2D eigenvalue weighted by Gasteiger charge is -2.23. The van der Waals surface area contributed by atoms with Crippen molar-refractivity contribution in [1.82, 2.24) is 5.32 Å². The number of halogens is 2. The molecule has 1 aromatic carbocycles. The average molecular weight is 258 g/mol. The summed E-state index contributed by atoms with van der Waals surface area (Å²) in [6, 6.07) is 4.05. The lowest BCUT2D eigenvalue weighted by Crippen LogP contribution is -2.42. The third-order valence-electron chi connectivity index (χ3n) is 2.66. The Kier molecular flexibility index (Phi) is 4.10. The van der Waals surface area contributed by atoms with Crippen LogP contribution in [0.2, 0.25) is 5.02 Å². The van der Waals surface area contributed by atoms with Crippen molar-refractivity contribution in [3.05, 3.63) is 34.6 Å². The van der Waals surface area contributed by atoms with Gasteiger partial charge in [0.05, 0.1) is 18.8 Å². The van der Waals surface area contributed by atoms with Gasteiger partial charge < -0.3 is 10.1 Å². The molecule has 0 aliphatic carbocycles. The van der Waals surface area contributed by atoms with E-state index in [1.165, 1.54) is 12.1 Å². The summed E-state index contributed by atoms with van der Waals surface area (Å²) in [5, 5.41) is 3.45. The molecule has 1 saturated heterocycles. The van der Waals surface area contributed by atoms with Gasteiger partial charge in [-0.3, -0.25) is 4.79 Å². The van der Waals surface area contributed by atoms with Gasteiger partial charge >= 0.3 is 0 Å². The highest BCUT2D eigenvalue weighted by atomic mass is 35.5. The predicted molar refractivity (Wildman–Crippen MR) is 63.0 cm³/mol. The third-order valence-corrected chi connectivity index (χ3v) is 2.90. The average Bonchev–Trinajstić information content (AvgIpc) is 2.30. The number of carbonyl (C=O) groups is 1. The quantitative estimate of drug-likeness (QED) is 0.843. The number of ketones is 1. The maximum Gasteiger partial charge on any atom is 0.167 e. The van der Waals surface area contributed by atoms with Gasteiger partial charge in [0.1, 0.15) is 5.82 Å². The number of rotatable bonds is 3.